The van der Waals surface area contributed by atoms with Crippen molar-refractivity contribution in [2.45, 2.75) is 19.3 Å². The van der Waals surface area contributed by atoms with Crippen molar-refractivity contribution in [2.75, 3.05) is 4.90 Å². The number of anilines is 1. The summed E-state index contributed by atoms with van der Waals surface area (Å²) in [7, 11) is 0. The van der Waals surface area contributed by atoms with Crippen molar-refractivity contribution in [1.29, 1.82) is 0 Å². The number of aryl methyl sites for hydroxylation is 2. The summed E-state index contributed by atoms with van der Waals surface area (Å²) in [5.74, 6) is -1.68. The fraction of sp³-hybridized carbons (Fsp3) is 0.250. The highest BCUT2D eigenvalue weighted by Crippen LogP contribution is 2.27. The summed E-state index contributed by atoms with van der Waals surface area (Å²) < 4.78 is 0. The normalized spacial score (nSPS) is 18.6. The second-order valence-electron chi connectivity index (χ2n) is 4.21. The van der Waals surface area contributed by atoms with Crippen molar-refractivity contribution >= 4 is 23.5 Å². The number of nitrogens with one attached hydrogen (secondary N) is 1. The minimum Gasteiger partial charge on any atom is -0.269 e. The second-order valence-corrected chi connectivity index (χ2v) is 4.21. The lowest BCUT2D eigenvalue weighted by atomic mass is 10.1. The molecule has 1 aliphatic heterocycles. The number of nitrogens with zero attached hydrogens (tertiary/aromatic N) is 1. The van der Waals surface area contributed by atoms with Gasteiger partial charge < -0.3 is 0 Å². The van der Waals surface area contributed by atoms with E-state index in [0.29, 0.717) is 5.69 Å². The van der Waals surface area contributed by atoms with Gasteiger partial charge in [-0.1, -0.05) is 6.07 Å². The first kappa shape index (κ1) is 10.0. The van der Waals surface area contributed by atoms with Gasteiger partial charge in [0.25, 0.3) is 0 Å². The third kappa shape index (κ3) is 1.43. The standard InChI is InChI=1S/C12H10N2O3/c15-10-11(16)14(12(17)13-10)9-5-4-7-2-1-3-8(7)6-9/h4-6H,1-3H2,(H,13,15,17). The molecule has 5 heteroatoms. The Bertz CT molecular complexity index is 551. The molecule has 3 rings (SSSR count). The molecule has 86 valence electrons. The molecule has 17 heavy (non-hydrogen) atoms. The molecule has 1 aromatic rings. The summed E-state index contributed by atoms with van der Waals surface area (Å²) >= 11 is 0. The van der Waals surface area contributed by atoms with E-state index < -0.39 is 17.8 Å². The van der Waals surface area contributed by atoms with Crippen molar-refractivity contribution in [2.24, 2.45) is 0 Å². The summed E-state index contributed by atoms with van der Waals surface area (Å²) in [5, 5.41) is 1.98. The Labute approximate surface area is 97.4 Å². The van der Waals surface area contributed by atoms with Gasteiger partial charge in [-0.25, -0.2) is 9.69 Å². The van der Waals surface area contributed by atoms with E-state index in [4.69, 9.17) is 0 Å². The predicted molar refractivity (Wildman–Crippen MR) is 59.5 cm³/mol. The van der Waals surface area contributed by atoms with Gasteiger partial charge in [0.05, 0.1) is 5.69 Å². The van der Waals surface area contributed by atoms with Crippen LogP contribution in [0.25, 0.3) is 0 Å². The van der Waals surface area contributed by atoms with Crippen LogP contribution in [-0.2, 0) is 22.4 Å². The third-order valence-corrected chi connectivity index (χ3v) is 3.16. The minimum absolute atomic E-state index is 0.471. The zero-order valence-electron chi connectivity index (χ0n) is 9.03. The average molecular weight is 230 g/mol. The smallest absolute Gasteiger partial charge is 0.269 e. The molecule has 0 atom stereocenters. The van der Waals surface area contributed by atoms with Gasteiger partial charge in [0.2, 0.25) is 0 Å². The molecule has 0 radical (unpaired) electrons. The van der Waals surface area contributed by atoms with Crippen LogP contribution in [0.5, 0.6) is 0 Å². The van der Waals surface area contributed by atoms with Gasteiger partial charge in [-0.15, -0.1) is 0 Å². The summed E-state index contributed by atoms with van der Waals surface area (Å²) in [4.78, 5) is 34.9. The maximum Gasteiger partial charge on any atom is 0.336 e. The first-order valence-corrected chi connectivity index (χ1v) is 5.48. The molecule has 1 heterocycles. The fourth-order valence-electron chi connectivity index (χ4n) is 2.33. The predicted octanol–water partition coefficient (Wildman–Crippen LogP) is 0.758. The van der Waals surface area contributed by atoms with E-state index in [2.05, 4.69) is 0 Å². The second kappa shape index (κ2) is 3.41. The number of fused-ring (bicyclic) bond motifs is 1. The molecule has 0 spiro atoms. The number of carbonyl (C=O) groups excluding carboxylic acids is 3. The maximum atomic E-state index is 11.5. The van der Waals surface area contributed by atoms with Gasteiger partial charge in [0.15, 0.2) is 0 Å². The van der Waals surface area contributed by atoms with Crippen LogP contribution in [-0.4, -0.2) is 17.8 Å². The van der Waals surface area contributed by atoms with Crippen LogP contribution in [0.2, 0.25) is 0 Å². The molecule has 1 aliphatic carbocycles. The van der Waals surface area contributed by atoms with E-state index >= 15 is 0 Å². The zero-order valence-corrected chi connectivity index (χ0v) is 9.03. The third-order valence-electron chi connectivity index (χ3n) is 3.16. The number of rotatable bonds is 1. The Kier molecular flexibility index (Phi) is 2.01. The summed E-state index contributed by atoms with van der Waals surface area (Å²) in [6.45, 7) is 0. The molecule has 1 N–H and O–H groups in total. The quantitative estimate of drug-likeness (QED) is 0.572. The van der Waals surface area contributed by atoms with Crippen LogP contribution in [0.4, 0.5) is 10.5 Å². The highest BCUT2D eigenvalue weighted by molar-refractivity contribution is 6.53. The number of amides is 4. The Hall–Kier alpha value is -2.17. The summed E-state index contributed by atoms with van der Waals surface area (Å²) in [5.41, 5.74) is 2.88. The number of imide groups is 2. The van der Waals surface area contributed by atoms with Gasteiger partial charge in [-0.2, -0.15) is 0 Å². The van der Waals surface area contributed by atoms with Gasteiger partial charge in [-0.05, 0) is 42.5 Å². The number of carbonyl (C=O) groups is 3. The van der Waals surface area contributed by atoms with Crippen LogP contribution in [0.15, 0.2) is 18.2 Å². The van der Waals surface area contributed by atoms with Crippen LogP contribution in [0.1, 0.15) is 17.5 Å². The topological polar surface area (TPSA) is 66.5 Å². The average Bonchev–Trinajstić information content (AvgIpc) is 2.84. The molecule has 1 fully saturated rings. The van der Waals surface area contributed by atoms with E-state index in [0.717, 1.165) is 29.7 Å². The van der Waals surface area contributed by atoms with Gasteiger partial charge in [0.1, 0.15) is 0 Å². The molecule has 0 unspecified atom stereocenters. The molecule has 2 aliphatic rings. The molecule has 1 saturated heterocycles. The number of benzene rings is 1. The first-order chi connectivity index (χ1) is 8.16. The number of hydrogen-bond donors (Lipinski definition) is 1. The molecule has 4 amide bonds. The van der Waals surface area contributed by atoms with Crippen molar-refractivity contribution in [3.05, 3.63) is 29.3 Å². The molecule has 0 saturated carbocycles. The van der Waals surface area contributed by atoms with Crippen molar-refractivity contribution < 1.29 is 14.4 Å². The van der Waals surface area contributed by atoms with E-state index in [1.165, 1.54) is 5.56 Å². The fourth-order valence-corrected chi connectivity index (χ4v) is 2.33. The maximum absolute atomic E-state index is 11.5. The van der Waals surface area contributed by atoms with Gasteiger partial charge in [0, 0.05) is 0 Å². The van der Waals surface area contributed by atoms with Crippen LogP contribution >= 0.6 is 0 Å². The molecule has 0 bridgehead atoms. The molecular weight excluding hydrogens is 220 g/mol. The molecule has 5 nitrogen and oxygen atoms in total. The van der Waals surface area contributed by atoms with Gasteiger partial charge in [-0.3, -0.25) is 14.9 Å². The van der Waals surface area contributed by atoms with Crippen LogP contribution in [0, 0.1) is 0 Å². The van der Waals surface area contributed by atoms with E-state index in [1.807, 2.05) is 17.4 Å². The highest BCUT2D eigenvalue weighted by Gasteiger charge is 2.38. The van der Waals surface area contributed by atoms with Crippen molar-refractivity contribution in [1.82, 2.24) is 5.32 Å². The number of hydrogen-bond acceptors (Lipinski definition) is 3. The van der Waals surface area contributed by atoms with E-state index in [1.54, 1.807) is 6.07 Å². The first-order valence-electron chi connectivity index (χ1n) is 5.48. The summed E-state index contributed by atoms with van der Waals surface area (Å²) in [6, 6.07) is 4.78. The molecule has 0 aromatic heterocycles. The van der Waals surface area contributed by atoms with Crippen LogP contribution in [0.3, 0.4) is 0 Å². The largest absolute Gasteiger partial charge is 0.336 e. The Morgan fingerprint density at radius 2 is 1.82 bits per heavy atom. The lowest BCUT2D eigenvalue weighted by molar-refractivity contribution is -0.134. The zero-order chi connectivity index (χ0) is 12.0. The minimum atomic E-state index is -0.865. The number of urea groups is 1. The monoisotopic (exact) mass is 230 g/mol. The Balaban J connectivity index is 2.02. The lowest BCUT2D eigenvalue weighted by Crippen LogP contribution is -2.30. The van der Waals surface area contributed by atoms with Crippen molar-refractivity contribution in [3.63, 3.8) is 0 Å². The van der Waals surface area contributed by atoms with Crippen LogP contribution < -0.4 is 10.2 Å². The van der Waals surface area contributed by atoms with E-state index in [9.17, 15) is 14.4 Å². The van der Waals surface area contributed by atoms with E-state index in [-0.39, 0.29) is 0 Å². The Morgan fingerprint density at radius 1 is 1.06 bits per heavy atom. The lowest BCUT2D eigenvalue weighted by Gasteiger charge is -2.12. The summed E-state index contributed by atoms with van der Waals surface area (Å²) in [6.07, 6.45) is 3.09. The highest BCUT2D eigenvalue weighted by atomic mass is 16.2. The molecule has 1 aromatic carbocycles. The van der Waals surface area contributed by atoms with Gasteiger partial charge >= 0.3 is 17.8 Å². The Morgan fingerprint density at radius 3 is 2.53 bits per heavy atom. The van der Waals surface area contributed by atoms with Crippen molar-refractivity contribution in [3.8, 4) is 0 Å². The molecular formula is C12H10N2O3. The SMILES string of the molecule is O=C1NC(=O)N(c2ccc3c(c2)CCC3)C1=O.